The van der Waals surface area contributed by atoms with Gasteiger partial charge in [-0.1, -0.05) is 24.3 Å². The molecule has 3 nitrogen and oxygen atoms in total. The highest BCUT2D eigenvalue weighted by molar-refractivity contribution is 5.66. The molecule has 4 heteroatoms. The first-order valence-corrected chi connectivity index (χ1v) is 6.19. The molecule has 0 aromatic heterocycles. The van der Waals surface area contributed by atoms with Gasteiger partial charge in [0.25, 0.3) is 0 Å². The molecular formula is C16H14FO3-. The topological polar surface area (TPSA) is 49.4 Å². The number of hydrogen-bond donors (Lipinski definition) is 0. The lowest BCUT2D eigenvalue weighted by Gasteiger charge is -2.19. The molecule has 0 amide bonds. The summed E-state index contributed by atoms with van der Waals surface area (Å²) in [7, 11) is 1.56. The minimum atomic E-state index is -1.14. The maximum absolute atomic E-state index is 13.0. The SMILES string of the molecule is COc1ccc([C@H](CC(=O)[O-])c2ccc(F)cc2)cc1. The van der Waals surface area contributed by atoms with Crippen molar-refractivity contribution in [3.63, 3.8) is 0 Å². The number of methoxy groups -OCH3 is 1. The van der Waals surface area contributed by atoms with Crippen LogP contribution in [0.5, 0.6) is 5.75 Å². The van der Waals surface area contributed by atoms with Crippen LogP contribution in [0.2, 0.25) is 0 Å². The molecule has 0 aliphatic carbocycles. The Morgan fingerprint density at radius 2 is 1.60 bits per heavy atom. The van der Waals surface area contributed by atoms with E-state index in [1.165, 1.54) is 12.1 Å². The first-order valence-electron chi connectivity index (χ1n) is 6.19. The van der Waals surface area contributed by atoms with E-state index in [9.17, 15) is 14.3 Å². The molecule has 0 spiro atoms. The van der Waals surface area contributed by atoms with E-state index in [1.54, 1.807) is 43.5 Å². The van der Waals surface area contributed by atoms with Gasteiger partial charge in [0.1, 0.15) is 11.6 Å². The summed E-state index contributed by atoms with van der Waals surface area (Å²) in [6, 6.07) is 13.0. The smallest absolute Gasteiger partial charge is 0.123 e. The maximum Gasteiger partial charge on any atom is 0.123 e. The second kappa shape index (κ2) is 6.19. The molecule has 20 heavy (non-hydrogen) atoms. The van der Waals surface area contributed by atoms with Crippen LogP contribution in [0, 0.1) is 5.82 Å². The Balaban J connectivity index is 2.35. The summed E-state index contributed by atoms with van der Waals surface area (Å²) in [4.78, 5) is 10.9. The zero-order valence-electron chi connectivity index (χ0n) is 11.0. The average molecular weight is 273 g/mol. The van der Waals surface area contributed by atoms with E-state index in [2.05, 4.69) is 0 Å². The Morgan fingerprint density at radius 1 is 1.10 bits per heavy atom. The predicted octanol–water partition coefficient (Wildman–Crippen LogP) is 2.11. The Bertz CT molecular complexity index is 576. The molecule has 0 bridgehead atoms. The van der Waals surface area contributed by atoms with E-state index < -0.39 is 5.97 Å². The van der Waals surface area contributed by atoms with Gasteiger partial charge in [0, 0.05) is 11.9 Å². The average Bonchev–Trinajstić information content (AvgIpc) is 2.46. The van der Waals surface area contributed by atoms with Crippen molar-refractivity contribution < 1.29 is 19.0 Å². The monoisotopic (exact) mass is 273 g/mol. The third kappa shape index (κ3) is 3.35. The van der Waals surface area contributed by atoms with Gasteiger partial charge in [0.15, 0.2) is 0 Å². The molecule has 2 aromatic rings. The number of carboxylic acid groups (broad SMARTS) is 1. The van der Waals surface area contributed by atoms with Gasteiger partial charge in [0.05, 0.1) is 7.11 Å². The van der Waals surface area contributed by atoms with Crippen molar-refractivity contribution in [2.45, 2.75) is 12.3 Å². The van der Waals surface area contributed by atoms with Gasteiger partial charge in [-0.25, -0.2) is 4.39 Å². The Morgan fingerprint density at radius 3 is 2.05 bits per heavy atom. The Hall–Kier alpha value is -2.36. The fraction of sp³-hybridized carbons (Fsp3) is 0.188. The summed E-state index contributed by atoms with van der Waals surface area (Å²) in [5, 5.41) is 10.9. The number of carbonyl (C=O) groups is 1. The highest BCUT2D eigenvalue weighted by atomic mass is 19.1. The standard InChI is InChI=1S/C16H15FO3/c1-20-14-8-4-12(5-9-14)15(10-16(18)19)11-2-6-13(17)7-3-11/h2-9,15H,10H2,1H3,(H,18,19)/p-1/t15-/m1/s1. The Labute approximate surface area is 116 Å². The molecule has 0 aliphatic heterocycles. The van der Waals surface area contributed by atoms with Crippen molar-refractivity contribution in [2.75, 3.05) is 7.11 Å². The van der Waals surface area contributed by atoms with Crippen LogP contribution in [0.25, 0.3) is 0 Å². The highest BCUT2D eigenvalue weighted by Crippen LogP contribution is 2.29. The van der Waals surface area contributed by atoms with Crippen LogP contribution >= 0.6 is 0 Å². The molecule has 104 valence electrons. The zero-order valence-corrected chi connectivity index (χ0v) is 11.0. The molecule has 1 atom stereocenters. The molecule has 0 radical (unpaired) electrons. The third-order valence-electron chi connectivity index (χ3n) is 3.16. The van der Waals surface area contributed by atoms with Crippen LogP contribution in [0.1, 0.15) is 23.5 Å². The van der Waals surface area contributed by atoms with Crippen LogP contribution < -0.4 is 9.84 Å². The van der Waals surface area contributed by atoms with E-state index in [1.807, 2.05) is 0 Å². The molecule has 0 aliphatic rings. The Kier molecular flexibility index (Phi) is 4.35. The summed E-state index contributed by atoms with van der Waals surface area (Å²) >= 11 is 0. The van der Waals surface area contributed by atoms with Crippen molar-refractivity contribution in [1.82, 2.24) is 0 Å². The summed E-state index contributed by atoms with van der Waals surface area (Å²) in [5.74, 6) is -1.17. The number of rotatable bonds is 5. The van der Waals surface area contributed by atoms with Gasteiger partial charge < -0.3 is 14.6 Å². The fourth-order valence-corrected chi connectivity index (χ4v) is 2.13. The van der Waals surface area contributed by atoms with Gasteiger partial charge in [-0.05, 0) is 41.8 Å². The summed E-state index contributed by atoms with van der Waals surface area (Å²) in [6.07, 6.45) is -0.155. The van der Waals surface area contributed by atoms with Crippen molar-refractivity contribution in [1.29, 1.82) is 0 Å². The van der Waals surface area contributed by atoms with Crippen molar-refractivity contribution in [2.24, 2.45) is 0 Å². The second-order valence-electron chi connectivity index (χ2n) is 4.45. The third-order valence-corrected chi connectivity index (χ3v) is 3.16. The van der Waals surface area contributed by atoms with Gasteiger partial charge in [-0.15, -0.1) is 0 Å². The van der Waals surface area contributed by atoms with Crippen molar-refractivity contribution in [3.05, 3.63) is 65.5 Å². The molecule has 2 rings (SSSR count). The van der Waals surface area contributed by atoms with Gasteiger partial charge >= 0.3 is 0 Å². The largest absolute Gasteiger partial charge is 0.550 e. The van der Waals surface area contributed by atoms with Gasteiger partial charge in [0.2, 0.25) is 0 Å². The number of ether oxygens (including phenoxy) is 1. The van der Waals surface area contributed by atoms with E-state index >= 15 is 0 Å². The molecular weight excluding hydrogens is 259 g/mol. The predicted molar refractivity (Wildman–Crippen MR) is 70.9 cm³/mol. The van der Waals surface area contributed by atoms with E-state index in [4.69, 9.17) is 4.74 Å². The number of carboxylic acids is 1. The molecule has 0 N–H and O–H groups in total. The van der Waals surface area contributed by atoms with Gasteiger partial charge in [-0.3, -0.25) is 0 Å². The molecule has 2 aromatic carbocycles. The fourth-order valence-electron chi connectivity index (χ4n) is 2.13. The second-order valence-corrected chi connectivity index (χ2v) is 4.45. The summed E-state index contributed by atoms with van der Waals surface area (Å²) < 4.78 is 18.0. The summed E-state index contributed by atoms with van der Waals surface area (Å²) in [5.41, 5.74) is 1.56. The quantitative estimate of drug-likeness (QED) is 0.838. The molecule has 0 saturated heterocycles. The molecule has 0 fully saturated rings. The van der Waals surface area contributed by atoms with Crippen LogP contribution in [-0.2, 0) is 4.79 Å². The van der Waals surface area contributed by atoms with E-state index in [-0.39, 0.29) is 18.2 Å². The lowest BCUT2D eigenvalue weighted by molar-refractivity contribution is -0.305. The number of aliphatic carboxylic acids is 1. The first kappa shape index (κ1) is 14.1. The maximum atomic E-state index is 13.0. The minimum Gasteiger partial charge on any atom is -0.550 e. The van der Waals surface area contributed by atoms with Crippen LogP contribution in [0.4, 0.5) is 4.39 Å². The highest BCUT2D eigenvalue weighted by Gasteiger charge is 2.15. The molecule has 0 heterocycles. The molecule has 0 unspecified atom stereocenters. The minimum absolute atomic E-state index is 0.155. The number of halogens is 1. The van der Waals surface area contributed by atoms with Crippen molar-refractivity contribution >= 4 is 5.97 Å². The van der Waals surface area contributed by atoms with E-state index in [0.717, 1.165) is 11.1 Å². The normalized spacial score (nSPS) is 11.9. The zero-order chi connectivity index (χ0) is 14.5. The van der Waals surface area contributed by atoms with E-state index in [0.29, 0.717) is 5.75 Å². The number of carbonyl (C=O) groups excluding carboxylic acids is 1. The summed E-state index contributed by atoms with van der Waals surface area (Å²) in [6.45, 7) is 0. The van der Waals surface area contributed by atoms with Crippen molar-refractivity contribution in [3.8, 4) is 5.75 Å². The van der Waals surface area contributed by atoms with Gasteiger partial charge in [-0.2, -0.15) is 0 Å². The van der Waals surface area contributed by atoms with Crippen LogP contribution in [-0.4, -0.2) is 13.1 Å². The molecule has 0 saturated carbocycles. The lowest BCUT2D eigenvalue weighted by Crippen LogP contribution is -2.24. The van der Waals surface area contributed by atoms with Crippen LogP contribution in [0.3, 0.4) is 0 Å². The lowest BCUT2D eigenvalue weighted by atomic mass is 9.88. The number of benzene rings is 2. The first-order chi connectivity index (χ1) is 9.60. The number of hydrogen-bond acceptors (Lipinski definition) is 3. The van der Waals surface area contributed by atoms with Crippen LogP contribution in [0.15, 0.2) is 48.5 Å².